The fourth-order valence-corrected chi connectivity index (χ4v) is 8.55. The highest BCUT2D eigenvalue weighted by molar-refractivity contribution is 6.83. The molecule has 0 unspecified atom stereocenters. The number of anilines is 1. The molecule has 5 heteroatoms. The largest absolute Gasteiger partial charge is 0.274 e. The number of para-hydroxylation sites is 1. The summed E-state index contributed by atoms with van der Waals surface area (Å²) in [5.74, 6) is -1.04. The molecule has 1 saturated heterocycles. The predicted octanol–water partition coefficient (Wildman–Crippen LogP) is 6.59. The van der Waals surface area contributed by atoms with E-state index in [1.165, 1.54) is 15.7 Å². The highest BCUT2D eigenvalue weighted by Gasteiger charge is 2.54. The monoisotopic (exact) mass is 485 g/mol. The molecular formula is C29H28ClNO2Si. The average Bonchev–Trinajstić information content (AvgIpc) is 3.10. The van der Waals surface area contributed by atoms with E-state index in [0.29, 0.717) is 17.1 Å². The van der Waals surface area contributed by atoms with E-state index in [-0.39, 0.29) is 29.6 Å². The standard InChI is InChI=1S/C29H28ClNO2Si/c1-34(2,19-20-9-5-3-6-10-20)24-17-25(21-13-15-22(30)16-14-21)27-26(18-24)28(32)31(29(27)33)23-11-7-4-8-12-23/h3-17,25-27H,18-19H2,1-2H3/t25-,26-,27+/m1/s1. The van der Waals surface area contributed by atoms with Crippen LogP contribution in [0.5, 0.6) is 0 Å². The van der Waals surface area contributed by atoms with Crippen LogP contribution in [0.2, 0.25) is 18.1 Å². The van der Waals surface area contributed by atoms with Gasteiger partial charge in [0.2, 0.25) is 11.8 Å². The summed E-state index contributed by atoms with van der Waals surface area (Å²) in [5.41, 5.74) is 3.02. The number of hydrogen-bond acceptors (Lipinski definition) is 2. The number of nitrogens with zero attached hydrogens (tertiary/aromatic N) is 1. The van der Waals surface area contributed by atoms with E-state index in [1.54, 1.807) is 0 Å². The fraction of sp³-hybridized carbons (Fsp3) is 0.241. The quantitative estimate of drug-likeness (QED) is 0.302. The summed E-state index contributed by atoms with van der Waals surface area (Å²) in [7, 11) is -1.89. The van der Waals surface area contributed by atoms with Crippen LogP contribution in [0.15, 0.2) is 96.2 Å². The Balaban J connectivity index is 1.56. The minimum Gasteiger partial charge on any atom is -0.274 e. The molecule has 2 amide bonds. The van der Waals surface area contributed by atoms with Crippen molar-refractivity contribution in [3.8, 4) is 0 Å². The third-order valence-corrected chi connectivity index (χ3v) is 11.0. The van der Waals surface area contributed by atoms with E-state index >= 15 is 0 Å². The molecule has 0 saturated carbocycles. The number of amides is 2. The van der Waals surface area contributed by atoms with Crippen molar-refractivity contribution < 1.29 is 9.59 Å². The molecule has 3 aromatic carbocycles. The zero-order chi connectivity index (χ0) is 23.9. The van der Waals surface area contributed by atoms with Gasteiger partial charge in [0, 0.05) is 10.9 Å². The molecule has 1 heterocycles. The summed E-state index contributed by atoms with van der Waals surface area (Å²) >= 11 is 6.17. The third kappa shape index (κ3) is 4.17. The number of benzene rings is 3. The van der Waals surface area contributed by atoms with Gasteiger partial charge in [-0.25, -0.2) is 0 Å². The highest BCUT2D eigenvalue weighted by atomic mass is 35.5. The van der Waals surface area contributed by atoms with Gasteiger partial charge in [-0.05, 0) is 42.3 Å². The van der Waals surface area contributed by atoms with E-state index in [1.807, 2.05) is 60.7 Å². The smallest absolute Gasteiger partial charge is 0.238 e. The summed E-state index contributed by atoms with van der Waals surface area (Å²) in [6, 6.07) is 28.6. The molecule has 0 spiro atoms. The second-order valence-corrected chi connectivity index (χ2v) is 15.2. The van der Waals surface area contributed by atoms with Gasteiger partial charge in [0.1, 0.15) is 0 Å². The van der Waals surface area contributed by atoms with Gasteiger partial charge in [-0.2, -0.15) is 0 Å². The lowest BCUT2D eigenvalue weighted by Gasteiger charge is -2.36. The van der Waals surface area contributed by atoms with Gasteiger partial charge in [-0.3, -0.25) is 14.5 Å². The van der Waals surface area contributed by atoms with Crippen molar-refractivity contribution in [1.82, 2.24) is 0 Å². The maximum Gasteiger partial charge on any atom is 0.238 e. The van der Waals surface area contributed by atoms with Gasteiger partial charge in [-0.15, -0.1) is 0 Å². The summed E-state index contributed by atoms with van der Waals surface area (Å²) in [5, 5.41) is 2.03. The highest BCUT2D eigenvalue weighted by Crippen LogP contribution is 2.48. The van der Waals surface area contributed by atoms with Crippen molar-refractivity contribution in [3.63, 3.8) is 0 Å². The first-order valence-electron chi connectivity index (χ1n) is 11.8. The molecule has 0 bridgehead atoms. The summed E-state index contributed by atoms with van der Waals surface area (Å²) < 4.78 is 0. The molecule has 3 atom stereocenters. The number of halogens is 1. The number of carbonyl (C=O) groups excluding carboxylic acids is 2. The van der Waals surface area contributed by atoms with Crippen LogP contribution in [0.25, 0.3) is 0 Å². The number of fused-ring (bicyclic) bond motifs is 1. The number of carbonyl (C=O) groups is 2. The summed E-state index contributed by atoms with van der Waals surface area (Å²) in [6.07, 6.45) is 2.98. The van der Waals surface area contributed by atoms with E-state index in [9.17, 15) is 9.59 Å². The Morgan fingerprint density at radius 1 is 0.853 bits per heavy atom. The molecule has 1 aliphatic carbocycles. The molecule has 1 aliphatic heterocycles. The van der Waals surface area contributed by atoms with Crippen LogP contribution in [-0.2, 0) is 15.6 Å². The molecule has 34 heavy (non-hydrogen) atoms. The first-order chi connectivity index (χ1) is 16.3. The molecule has 0 N–H and O–H groups in total. The van der Waals surface area contributed by atoms with Gasteiger partial charge in [0.15, 0.2) is 0 Å². The number of allylic oxidation sites excluding steroid dienone is 2. The number of hydrogen-bond donors (Lipinski definition) is 0. The van der Waals surface area contributed by atoms with Crippen molar-refractivity contribution in [3.05, 3.63) is 112 Å². The average molecular weight is 486 g/mol. The molecule has 1 fully saturated rings. The molecule has 0 aromatic heterocycles. The molecule has 3 aromatic rings. The minimum atomic E-state index is -1.89. The van der Waals surface area contributed by atoms with Crippen LogP contribution in [-0.4, -0.2) is 19.9 Å². The van der Waals surface area contributed by atoms with Crippen molar-refractivity contribution in [2.24, 2.45) is 11.8 Å². The molecule has 172 valence electrons. The van der Waals surface area contributed by atoms with Crippen LogP contribution in [0, 0.1) is 11.8 Å². The maximum atomic E-state index is 13.7. The Morgan fingerprint density at radius 2 is 1.47 bits per heavy atom. The van der Waals surface area contributed by atoms with Crippen LogP contribution in [0.3, 0.4) is 0 Å². The van der Waals surface area contributed by atoms with Crippen molar-refractivity contribution in [2.75, 3.05) is 4.90 Å². The molecule has 0 radical (unpaired) electrons. The van der Waals surface area contributed by atoms with Crippen LogP contribution >= 0.6 is 11.6 Å². The zero-order valence-electron chi connectivity index (χ0n) is 19.4. The summed E-state index contributed by atoms with van der Waals surface area (Å²) in [6.45, 7) is 4.75. The normalized spacial score (nSPS) is 22.5. The van der Waals surface area contributed by atoms with Crippen molar-refractivity contribution in [2.45, 2.75) is 31.5 Å². The lowest BCUT2D eigenvalue weighted by molar-refractivity contribution is -0.122. The Labute approximate surface area is 207 Å². The van der Waals surface area contributed by atoms with Crippen molar-refractivity contribution >= 4 is 37.2 Å². The van der Waals surface area contributed by atoms with Gasteiger partial charge in [-0.1, -0.05) is 102 Å². The fourth-order valence-electron chi connectivity index (χ4n) is 5.53. The van der Waals surface area contributed by atoms with Gasteiger partial charge in [0.25, 0.3) is 0 Å². The Hall–Kier alpha value is -2.95. The second kappa shape index (κ2) is 9.01. The number of rotatable bonds is 5. The SMILES string of the molecule is C[Si](C)(Cc1ccccc1)C1=C[C@H](c2ccc(Cl)cc2)[C@@H]2C(=O)N(c3ccccc3)C(=O)[C@@H]2C1. The van der Waals surface area contributed by atoms with E-state index < -0.39 is 8.07 Å². The van der Waals surface area contributed by atoms with Gasteiger partial charge < -0.3 is 0 Å². The predicted molar refractivity (Wildman–Crippen MR) is 140 cm³/mol. The van der Waals surface area contributed by atoms with Crippen molar-refractivity contribution in [1.29, 1.82) is 0 Å². The maximum absolute atomic E-state index is 13.7. The Kier molecular flexibility index (Phi) is 6.05. The van der Waals surface area contributed by atoms with Gasteiger partial charge >= 0.3 is 0 Å². The Bertz CT molecular complexity index is 1240. The molecular weight excluding hydrogens is 458 g/mol. The van der Waals surface area contributed by atoms with Crippen LogP contribution in [0.4, 0.5) is 5.69 Å². The second-order valence-electron chi connectivity index (χ2n) is 10.00. The third-order valence-electron chi connectivity index (χ3n) is 7.31. The summed E-state index contributed by atoms with van der Waals surface area (Å²) in [4.78, 5) is 28.8. The lowest BCUT2D eigenvalue weighted by atomic mass is 9.74. The topological polar surface area (TPSA) is 37.4 Å². The van der Waals surface area contributed by atoms with E-state index in [2.05, 4.69) is 43.4 Å². The first kappa shape index (κ1) is 22.8. The molecule has 2 aliphatic rings. The minimum absolute atomic E-state index is 0.0738. The zero-order valence-corrected chi connectivity index (χ0v) is 21.2. The van der Waals surface area contributed by atoms with E-state index in [4.69, 9.17) is 11.6 Å². The van der Waals surface area contributed by atoms with Gasteiger partial charge in [0.05, 0.1) is 25.6 Å². The lowest BCUT2D eigenvalue weighted by Crippen LogP contribution is -2.39. The van der Waals surface area contributed by atoms with Crippen LogP contribution < -0.4 is 4.90 Å². The molecule has 3 nitrogen and oxygen atoms in total. The van der Waals surface area contributed by atoms with E-state index in [0.717, 1.165) is 11.6 Å². The Morgan fingerprint density at radius 3 is 2.12 bits per heavy atom. The number of imide groups is 1. The van der Waals surface area contributed by atoms with Crippen LogP contribution in [0.1, 0.15) is 23.5 Å². The first-order valence-corrected chi connectivity index (χ1v) is 15.4. The molecule has 5 rings (SSSR count).